The third-order valence-corrected chi connectivity index (χ3v) is 4.30. The Hall–Kier alpha value is -0.0900. The zero-order valence-electron chi connectivity index (χ0n) is 11.1. The van der Waals surface area contributed by atoms with E-state index < -0.39 is 5.97 Å². The molecule has 2 aromatic rings. The number of phenolic OH excluding ortho intramolecular Hbond substituents is 1. The van der Waals surface area contributed by atoms with Crippen molar-refractivity contribution in [3.63, 3.8) is 0 Å². The Balaban J connectivity index is 0.00000220. The molecule has 0 atom stereocenters. The van der Waals surface area contributed by atoms with E-state index >= 15 is 0 Å². The van der Waals surface area contributed by atoms with Crippen molar-refractivity contribution in [3.05, 3.63) is 60.7 Å². The van der Waals surface area contributed by atoms with Gasteiger partial charge in [-0.15, -0.1) is 0 Å². The molecule has 102 valence electrons. The van der Waals surface area contributed by atoms with E-state index in [1.54, 1.807) is 42.5 Å². The molecule has 0 radical (unpaired) electrons. The Morgan fingerprint density at radius 2 is 1.62 bits per heavy atom. The number of hydrogen-bond donors (Lipinski definition) is 1. The van der Waals surface area contributed by atoms with Crippen LogP contribution in [-0.4, -0.2) is 11.1 Å². The fourth-order valence-corrected chi connectivity index (χ4v) is 3.53. The smallest absolute Gasteiger partial charge is 0.545 e. The van der Waals surface area contributed by atoms with E-state index in [9.17, 15) is 15.0 Å². The number of aromatic hydroxyl groups is 1. The fourth-order valence-electron chi connectivity index (χ4n) is 1.71. The molecule has 0 saturated heterocycles. The van der Waals surface area contributed by atoms with Gasteiger partial charge in [0, 0.05) is 5.57 Å². The van der Waals surface area contributed by atoms with Gasteiger partial charge in [-0.2, -0.15) is 0 Å². The van der Waals surface area contributed by atoms with Crippen molar-refractivity contribution in [1.82, 2.24) is 0 Å². The number of hydrogen-bond acceptors (Lipinski definition) is 3. The minimum Gasteiger partial charge on any atom is -0.545 e. The molecule has 0 saturated carbocycles. The molecule has 0 unspecified atom stereocenters. The first-order chi connectivity index (χ1) is 9.49. The van der Waals surface area contributed by atoms with Crippen molar-refractivity contribution < 1.29 is 44.6 Å². The van der Waals surface area contributed by atoms with Gasteiger partial charge in [0.1, 0.15) is 5.75 Å². The second-order valence-corrected chi connectivity index (χ2v) is 6.37. The topological polar surface area (TPSA) is 60.4 Å². The summed E-state index contributed by atoms with van der Waals surface area (Å²) < 4.78 is 1.35. The summed E-state index contributed by atoms with van der Waals surface area (Å²) in [6, 6.07) is 12.3. The van der Waals surface area contributed by atoms with Crippen molar-refractivity contribution in [3.8, 4) is 5.75 Å². The SMILES string of the molecule is O=C([O-])/C(=C\c1cc(I)c(O)c(I)c1)c1ccccc1.[Na+]. The number of carboxylic acid groups (broad SMARTS) is 1. The zero-order chi connectivity index (χ0) is 14.7. The minimum atomic E-state index is -1.23. The fraction of sp³-hybridized carbons (Fsp3) is 0. The molecule has 0 spiro atoms. The van der Waals surface area contributed by atoms with E-state index in [2.05, 4.69) is 0 Å². The predicted octanol–water partition coefficient (Wildman–Crippen LogP) is -0.104. The molecule has 3 nitrogen and oxygen atoms in total. The van der Waals surface area contributed by atoms with Crippen LogP contribution in [0.1, 0.15) is 11.1 Å². The van der Waals surface area contributed by atoms with Crippen molar-refractivity contribution >= 4 is 62.8 Å². The van der Waals surface area contributed by atoms with Gasteiger partial charge in [-0.1, -0.05) is 30.3 Å². The molecule has 0 amide bonds. The van der Waals surface area contributed by atoms with E-state index in [1.165, 1.54) is 0 Å². The van der Waals surface area contributed by atoms with Crippen molar-refractivity contribution in [2.75, 3.05) is 0 Å². The summed E-state index contributed by atoms with van der Waals surface area (Å²) in [7, 11) is 0. The predicted molar refractivity (Wildman–Crippen MR) is 92.9 cm³/mol. The largest absolute Gasteiger partial charge is 1.00 e. The standard InChI is InChI=1S/C15H10I2O3.Na/c16-12-7-9(8-13(17)14(12)18)6-11(15(19)20)10-4-2-1-3-5-10;/h1-8,18H,(H,19,20);/q;+1/p-1/b11-6-;. The molecule has 6 heteroatoms. The van der Waals surface area contributed by atoms with E-state index in [-0.39, 0.29) is 40.9 Å². The maximum atomic E-state index is 11.3. The van der Waals surface area contributed by atoms with Crippen molar-refractivity contribution in [2.45, 2.75) is 0 Å². The van der Waals surface area contributed by atoms with E-state index in [1.807, 2.05) is 51.2 Å². The molecule has 0 aromatic heterocycles. The van der Waals surface area contributed by atoms with Gasteiger partial charge in [-0.3, -0.25) is 0 Å². The molecule has 2 rings (SSSR count). The monoisotopic (exact) mass is 514 g/mol. The molecule has 0 aliphatic rings. The number of phenols is 1. The number of carbonyl (C=O) groups excluding carboxylic acids is 1. The zero-order valence-corrected chi connectivity index (χ0v) is 17.5. The van der Waals surface area contributed by atoms with Gasteiger partial charge in [0.25, 0.3) is 0 Å². The second kappa shape index (κ2) is 8.52. The molecule has 0 aliphatic carbocycles. The van der Waals surface area contributed by atoms with Crippen LogP contribution in [0.15, 0.2) is 42.5 Å². The van der Waals surface area contributed by atoms with E-state index in [0.29, 0.717) is 18.3 Å². The number of carbonyl (C=O) groups is 1. The normalized spacial score (nSPS) is 10.9. The molecule has 2 aromatic carbocycles. The number of benzene rings is 2. The Kier molecular flexibility index (Phi) is 7.69. The Bertz CT molecular complexity index is 662. The summed E-state index contributed by atoms with van der Waals surface area (Å²) >= 11 is 4.01. The molecule has 0 fully saturated rings. The van der Waals surface area contributed by atoms with Crippen LogP contribution in [0.2, 0.25) is 0 Å². The van der Waals surface area contributed by atoms with Gasteiger partial charge in [0.2, 0.25) is 0 Å². The molecule has 0 heterocycles. The van der Waals surface area contributed by atoms with Crippen LogP contribution < -0.4 is 34.7 Å². The molecular formula is C15H9I2NaO3. The van der Waals surface area contributed by atoms with Crippen LogP contribution in [0, 0.1) is 7.14 Å². The summed E-state index contributed by atoms with van der Waals surface area (Å²) in [4.78, 5) is 11.3. The number of rotatable bonds is 3. The summed E-state index contributed by atoms with van der Waals surface area (Å²) in [5.41, 5.74) is 1.41. The first kappa shape index (κ1) is 19.0. The molecule has 0 bridgehead atoms. The van der Waals surface area contributed by atoms with E-state index in [4.69, 9.17) is 0 Å². The van der Waals surface area contributed by atoms with Crippen molar-refractivity contribution in [2.24, 2.45) is 0 Å². The first-order valence-corrected chi connectivity index (χ1v) is 7.81. The number of aliphatic carboxylic acids is 1. The summed E-state index contributed by atoms with van der Waals surface area (Å²) in [5, 5.41) is 21.0. The third-order valence-electron chi connectivity index (χ3n) is 2.65. The van der Waals surface area contributed by atoms with Crippen LogP contribution in [0.25, 0.3) is 11.6 Å². The van der Waals surface area contributed by atoms with Crippen LogP contribution in [-0.2, 0) is 4.79 Å². The molecular weight excluding hydrogens is 505 g/mol. The molecule has 21 heavy (non-hydrogen) atoms. The maximum Gasteiger partial charge on any atom is 1.00 e. The van der Waals surface area contributed by atoms with Gasteiger partial charge < -0.3 is 15.0 Å². The minimum absolute atomic E-state index is 0. The number of halogens is 2. The van der Waals surface area contributed by atoms with Crippen LogP contribution >= 0.6 is 45.2 Å². The Morgan fingerprint density at radius 3 is 2.10 bits per heavy atom. The summed E-state index contributed by atoms with van der Waals surface area (Å²) in [6.45, 7) is 0. The van der Waals surface area contributed by atoms with Gasteiger partial charge in [0.15, 0.2) is 0 Å². The van der Waals surface area contributed by atoms with Crippen LogP contribution in [0.5, 0.6) is 5.75 Å². The number of carboxylic acids is 1. The Morgan fingerprint density at radius 1 is 1.10 bits per heavy atom. The van der Waals surface area contributed by atoms with E-state index in [0.717, 1.165) is 0 Å². The maximum absolute atomic E-state index is 11.3. The van der Waals surface area contributed by atoms with Gasteiger partial charge in [0.05, 0.1) is 13.1 Å². The van der Waals surface area contributed by atoms with Crippen LogP contribution in [0.4, 0.5) is 0 Å². The Labute approximate surface area is 172 Å². The van der Waals surface area contributed by atoms with Gasteiger partial charge >= 0.3 is 29.6 Å². The average molecular weight is 514 g/mol. The van der Waals surface area contributed by atoms with Crippen LogP contribution in [0.3, 0.4) is 0 Å². The summed E-state index contributed by atoms with van der Waals surface area (Å²) in [5.74, 6) is -1.02. The third kappa shape index (κ3) is 4.95. The molecule has 0 aliphatic heterocycles. The molecule has 1 N–H and O–H groups in total. The quantitative estimate of drug-likeness (QED) is 0.270. The summed E-state index contributed by atoms with van der Waals surface area (Å²) in [6.07, 6.45) is 1.55. The second-order valence-electron chi connectivity index (χ2n) is 4.04. The van der Waals surface area contributed by atoms with Gasteiger partial charge in [-0.05, 0) is 74.5 Å². The average Bonchev–Trinajstić information content (AvgIpc) is 2.42. The van der Waals surface area contributed by atoms with Gasteiger partial charge in [-0.25, -0.2) is 0 Å². The first-order valence-electron chi connectivity index (χ1n) is 5.65. The van der Waals surface area contributed by atoms with Crippen molar-refractivity contribution in [1.29, 1.82) is 0 Å².